The Kier molecular flexibility index (Phi) is 2.77. The minimum absolute atomic E-state index is 0.206. The Morgan fingerprint density at radius 1 is 1.46 bits per heavy atom. The first-order valence-electron chi connectivity index (χ1n) is 3.86. The molecule has 5 N–H and O–H groups in total. The second-order valence-electron chi connectivity index (χ2n) is 3.34. The highest BCUT2D eigenvalue weighted by Crippen LogP contribution is 2.53. The first kappa shape index (κ1) is 10.7. The van der Waals surface area contributed by atoms with Crippen molar-refractivity contribution < 1.29 is 24.3 Å². The van der Waals surface area contributed by atoms with Crippen LogP contribution in [0.25, 0.3) is 0 Å². The smallest absolute Gasteiger partial charge is 0.328 e. The van der Waals surface area contributed by atoms with E-state index in [2.05, 4.69) is 0 Å². The van der Waals surface area contributed by atoms with Crippen LogP contribution in [0.2, 0.25) is 0 Å². The zero-order chi connectivity index (χ0) is 10.2. The van der Waals surface area contributed by atoms with Crippen LogP contribution in [0, 0.1) is 5.92 Å². The normalized spacial score (nSPS) is 30.7. The van der Waals surface area contributed by atoms with Gasteiger partial charge in [-0.3, -0.25) is 9.36 Å². The van der Waals surface area contributed by atoms with Crippen molar-refractivity contribution >= 4 is 13.6 Å². The van der Waals surface area contributed by atoms with Gasteiger partial charge in [0.05, 0.1) is 5.66 Å². The summed E-state index contributed by atoms with van der Waals surface area (Å²) >= 11 is 0. The molecule has 1 rings (SSSR count). The highest BCUT2D eigenvalue weighted by atomic mass is 31.2. The van der Waals surface area contributed by atoms with Gasteiger partial charge < -0.3 is 20.6 Å². The summed E-state index contributed by atoms with van der Waals surface area (Å²) in [7, 11) is -4.03. The minimum Gasteiger partial charge on any atom is -0.480 e. The molecule has 1 fully saturated rings. The molecule has 0 aromatic carbocycles. The van der Waals surface area contributed by atoms with Gasteiger partial charge in [0.2, 0.25) is 0 Å². The van der Waals surface area contributed by atoms with Crippen molar-refractivity contribution in [2.45, 2.75) is 24.5 Å². The highest BCUT2D eigenvalue weighted by Gasteiger charge is 2.44. The average molecular weight is 209 g/mol. The number of carbonyl (C=O) groups is 1. The molecule has 0 aromatic rings. The van der Waals surface area contributed by atoms with Gasteiger partial charge in [-0.05, 0) is 18.8 Å². The van der Waals surface area contributed by atoms with Crippen LogP contribution in [0.15, 0.2) is 0 Å². The molecule has 76 valence electrons. The molecule has 0 heterocycles. The van der Waals surface area contributed by atoms with Crippen molar-refractivity contribution in [2.75, 3.05) is 0 Å². The number of carboxylic acid groups (broad SMARTS) is 1. The zero-order valence-electron chi connectivity index (χ0n) is 6.83. The quantitative estimate of drug-likeness (QED) is 0.458. The van der Waals surface area contributed by atoms with Gasteiger partial charge in [0.1, 0.15) is 6.04 Å². The van der Waals surface area contributed by atoms with E-state index in [0.29, 0.717) is 0 Å². The molecule has 1 aliphatic carbocycles. The van der Waals surface area contributed by atoms with E-state index in [1.54, 1.807) is 0 Å². The zero-order valence-corrected chi connectivity index (χ0v) is 7.72. The van der Waals surface area contributed by atoms with Gasteiger partial charge in [0.25, 0.3) is 0 Å². The van der Waals surface area contributed by atoms with Gasteiger partial charge in [-0.1, -0.05) is 0 Å². The summed E-state index contributed by atoms with van der Waals surface area (Å²) in [6, 6.07) is -0.997. The Morgan fingerprint density at radius 2 is 1.92 bits per heavy atom. The molecular formula is C6H12NO5P. The fourth-order valence-electron chi connectivity index (χ4n) is 1.40. The summed E-state index contributed by atoms with van der Waals surface area (Å²) in [5.41, 5.74) is 4.58. The average Bonchev–Trinajstić information content (AvgIpc) is 1.79. The molecule has 0 saturated heterocycles. The van der Waals surface area contributed by atoms with E-state index < -0.39 is 25.3 Å². The fraction of sp³-hybridized carbons (Fsp3) is 0.833. The molecule has 1 atom stereocenters. The molecule has 7 heteroatoms. The van der Waals surface area contributed by atoms with Gasteiger partial charge in [-0.2, -0.15) is 0 Å². The first-order chi connectivity index (χ1) is 5.82. The standard InChI is InChI=1S/C6H12NO5P/c7-5(6(8)9)3-1-4(2-3)13(10,11)12/h3-5H,1-2,7H2,(H,8,9)(H2,10,11,12)/t3?,4?,5-/m1/s1. The Labute approximate surface area is 74.9 Å². The molecule has 0 bridgehead atoms. The Morgan fingerprint density at radius 3 is 2.23 bits per heavy atom. The molecule has 0 spiro atoms. The predicted octanol–water partition coefficient (Wildman–Crippen LogP) is -0.645. The second-order valence-corrected chi connectivity index (χ2v) is 5.25. The van der Waals surface area contributed by atoms with E-state index >= 15 is 0 Å². The molecule has 0 aromatic heterocycles. The van der Waals surface area contributed by atoms with Gasteiger partial charge >= 0.3 is 13.6 Å². The lowest BCUT2D eigenvalue weighted by atomic mass is 9.79. The third-order valence-electron chi connectivity index (χ3n) is 2.42. The fourth-order valence-corrected chi connectivity index (χ4v) is 2.49. The Balaban J connectivity index is 2.42. The van der Waals surface area contributed by atoms with Crippen molar-refractivity contribution in [3.8, 4) is 0 Å². The molecule has 0 amide bonds. The molecule has 0 radical (unpaired) electrons. The molecule has 0 aliphatic heterocycles. The summed E-state index contributed by atoms with van der Waals surface area (Å²) in [6.45, 7) is 0. The number of hydrogen-bond donors (Lipinski definition) is 4. The molecule has 6 nitrogen and oxygen atoms in total. The van der Waals surface area contributed by atoms with Gasteiger partial charge in [-0.15, -0.1) is 0 Å². The van der Waals surface area contributed by atoms with Crippen LogP contribution in [-0.4, -0.2) is 32.6 Å². The van der Waals surface area contributed by atoms with Gasteiger partial charge in [-0.25, -0.2) is 0 Å². The van der Waals surface area contributed by atoms with Crippen molar-refractivity contribution in [1.29, 1.82) is 0 Å². The molecule has 0 unspecified atom stereocenters. The van der Waals surface area contributed by atoms with Crippen LogP contribution >= 0.6 is 7.60 Å². The van der Waals surface area contributed by atoms with E-state index in [4.69, 9.17) is 20.6 Å². The van der Waals surface area contributed by atoms with E-state index in [-0.39, 0.29) is 18.8 Å². The van der Waals surface area contributed by atoms with Gasteiger partial charge in [0.15, 0.2) is 0 Å². The monoisotopic (exact) mass is 209 g/mol. The van der Waals surface area contributed by atoms with Crippen molar-refractivity contribution in [3.63, 3.8) is 0 Å². The Bertz CT molecular complexity index is 256. The summed E-state index contributed by atoms with van der Waals surface area (Å²) in [5, 5.41) is 8.49. The van der Waals surface area contributed by atoms with E-state index in [9.17, 15) is 9.36 Å². The highest BCUT2D eigenvalue weighted by molar-refractivity contribution is 7.52. The van der Waals surface area contributed by atoms with Crippen LogP contribution in [0.3, 0.4) is 0 Å². The number of hydrogen-bond acceptors (Lipinski definition) is 3. The lowest BCUT2D eigenvalue weighted by molar-refractivity contribution is -0.140. The van der Waals surface area contributed by atoms with E-state index in [0.717, 1.165) is 0 Å². The lowest BCUT2D eigenvalue weighted by Crippen LogP contribution is -2.46. The Hall–Kier alpha value is -0.420. The maximum absolute atomic E-state index is 10.7. The van der Waals surface area contributed by atoms with Crippen LogP contribution in [0.4, 0.5) is 0 Å². The SMILES string of the molecule is N[C@@H](C(=O)O)C1CC(P(=O)(O)O)C1. The molecular weight excluding hydrogens is 197 g/mol. The maximum Gasteiger partial charge on any atom is 0.328 e. The second kappa shape index (κ2) is 3.38. The number of nitrogens with two attached hydrogens (primary N) is 1. The van der Waals surface area contributed by atoms with Crippen molar-refractivity contribution in [2.24, 2.45) is 11.7 Å². The third kappa shape index (κ3) is 2.28. The summed E-state index contributed by atoms with van der Waals surface area (Å²) in [6.07, 6.45) is 0.412. The molecule has 13 heavy (non-hydrogen) atoms. The maximum atomic E-state index is 10.7. The van der Waals surface area contributed by atoms with Gasteiger partial charge in [0, 0.05) is 0 Å². The lowest BCUT2D eigenvalue weighted by Gasteiger charge is -2.37. The number of rotatable bonds is 3. The van der Waals surface area contributed by atoms with Crippen molar-refractivity contribution in [3.05, 3.63) is 0 Å². The summed E-state index contributed by atoms with van der Waals surface area (Å²) in [5.74, 6) is -1.41. The molecule has 1 aliphatic rings. The summed E-state index contributed by atoms with van der Waals surface area (Å²) in [4.78, 5) is 27.8. The predicted molar refractivity (Wildman–Crippen MR) is 44.2 cm³/mol. The van der Waals surface area contributed by atoms with E-state index in [1.807, 2.05) is 0 Å². The van der Waals surface area contributed by atoms with E-state index in [1.165, 1.54) is 0 Å². The topological polar surface area (TPSA) is 121 Å². The van der Waals surface area contributed by atoms with Crippen molar-refractivity contribution in [1.82, 2.24) is 0 Å². The largest absolute Gasteiger partial charge is 0.480 e. The van der Waals surface area contributed by atoms with Crippen LogP contribution in [0.5, 0.6) is 0 Å². The first-order valence-corrected chi connectivity index (χ1v) is 5.54. The third-order valence-corrected chi connectivity index (χ3v) is 3.79. The number of aliphatic carboxylic acids is 1. The van der Waals surface area contributed by atoms with Crippen LogP contribution < -0.4 is 5.73 Å². The molecule has 1 saturated carbocycles. The summed E-state index contributed by atoms with van der Waals surface area (Å²) < 4.78 is 10.7. The number of carboxylic acids is 1. The van der Waals surface area contributed by atoms with Crippen LogP contribution in [-0.2, 0) is 9.36 Å². The minimum atomic E-state index is -4.03. The van der Waals surface area contributed by atoms with Crippen LogP contribution in [0.1, 0.15) is 12.8 Å².